The predicted octanol–water partition coefficient (Wildman–Crippen LogP) is 2.78. The average molecular weight is 332 g/mol. The Morgan fingerprint density at radius 1 is 1.17 bits per heavy atom. The summed E-state index contributed by atoms with van der Waals surface area (Å²) in [5.41, 5.74) is -1.47. The Kier molecular flexibility index (Phi) is 4.80. The molecule has 1 aromatic carbocycles. The molecular formula is C18H24N2O4. The van der Waals surface area contributed by atoms with Crippen molar-refractivity contribution in [3.8, 4) is 0 Å². The summed E-state index contributed by atoms with van der Waals surface area (Å²) in [6.45, 7) is 8.75. The van der Waals surface area contributed by atoms with Gasteiger partial charge in [-0.3, -0.25) is 14.5 Å². The number of rotatable bonds is 4. The fourth-order valence-electron chi connectivity index (χ4n) is 2.63. The van der Waals surface area contributed by atoms with Crippen LogP contribution >= 0.6 is 0 Å². The molecule has 1 aromatic rings. The van der Waals surface area contributed by atoms with Crippen LogP contribution in [0.5, 0.6) is 0 Å². The number of carbonyl (C=O) groups excluding carboxylic acids is 3. The third-order valence-corrected chi connectivity index (χ3v) is 3.99. The molecule has 1 aliphatic rings. The van der Waals surface area contributed by atoms with E-state index in [1.54, 1.807) is 27.7 Å². The molecular weight excluding hydrogens is 308 g/mol. The summed E-state index contributed by atoms with van der Waals surface area (Å²) < 4.78 is 5.61. The molecule has 1 saturated heterocycles. The van der Waals surface area contributed by atoms with Crippen LogP contribution in [0.1, 0.15) is 40.2 Å². The molecule has 1 atom stereocenters. The van der Waals surface area contributed by atoms with E-state index in [1.807, 2.05) is 30.3 Å². The monoisotopic (exact) mass is 332 g/mol. The van der Waals surface area contributed by atoms with E-state index in [-0.39, 0.29) is 13.2 Å². The van der Waals surface area contributed by atoms with Crippen LogP contribution in [0.4, 0.5) is 4.79 Å². The number of amides is 4. The van der Waals surface area contributed by atoms with Crippen LogP contribution in [0, 0.1) is 5.41 Å². The van der Waals surface area contributed by atoms with Crippen molar-refractivity contribution in [3.63, 3.8) is 0 Å². The Labute approximate surface area is 142 Å². The molecule has 0 radical (unpaired) electrons. The topological polar surface area (TPSA) is 66.9 Å². The van der Waals surface area contributed by atoms with E-state index in [9.17, 15) is 14.4 Å². The maximum absolute atomic E-state index is 12.8. The van der Waals surface area contributed by atoms with Gasteiger partial charge >= 0.3 is 6.03 Å². The first-order valence-corrected chi connectivity index (χ1v) is 8.01. The van der Waals surface area contributed by atoms with Crippen molar-refractivity contribution in [3.05, 3.63) is 35.9 Å². The van der Waals surface area contributed by atoms with E-state index in [0.29, 0.717) is 0 Å². The van der Waals surface area contributed by atoms with Crippen molar-refractivity contribution in [2.24, 2.45) is 5.41 Å². The molecule has 0 spiro atoms. The van der Waals surface area contributed by atoms with Gasteiger partial charge in [-0.25, -0.2) is 4.79 Å². The molecule has 2 rings (SSSR count). The van der Waals surface area contributed by atoms with Gasteiger partial charge in [0, 0.05) is 12.0 Å². The third-order valence-electron chi connectivity index (χ3n) is 3.99. The molecule has 4 amide bonds. The molecule has 6 nitrogen and oxygen atoms in total. The molecule has 0 saturated carbocycles. The van der Waals surface area contributed by atoms with Crippen molar-refractivity contribution >= 4 is 17.8 Å². The molecule has 0 bridgehead atoms. The number of hydrogen-bond donors (Lipinski definition) is 0. The fraction of sp³-hybridized carbons (Fsp3) is 0.500. The molecule has 0 aliphatic carbocycles. The van der Waals surface area contributed by atoms with Crippen molar-refractivity contribution in [1.29, 1.82) is 0 Å². The zero-order chi connectivity index (χ0) is 18.1. The Morgan fingerprint density at radius 2 is 1.75 bits per heavy atom. The summed E-state index contributed by atoms with van der Waals surface area (Å²) in [5, 5.41) is 0. The molecule has 1 heterocycles. The highest BCUT2D eigenvalue weighted by atomic mass is 16.5. The Hall–Kier alpha value is -2.21. The summed E-state index contributed by atoms with van der Waals surface area (Å²) in [4.78, 5) is 40.3. The highest BCUT2D eigenvalue weighted by Crippen LogP contribution is 2.33. The lowest BCUT2D eigenvalue weighted by molar-refractivity contribution is -0.165. The SMILES string of the molecule is CCOC1(C)C(=O)N(C(=O)C(C)(C)C)C(=O)N1Cc1ccccc1. The highest BCUT2D eigenvalue weighted by molar-refractivity contribution is 6.18. The van der Waals surface area contributed by atoms with Gasteiger partial charge in [0.05, 0.1) is 6.54 Å². The lowest BCUT2D eigenvalue weighted by Gasteiger charge is -2.31. The predicted molar refractivity (Wildman–Crippen MR) is 88.7 cm³/mol. The van der Waals surface area contributed by atoms with Gasteiger partial charge < -0.3 is 4.74 Å². The van der Waals surface area contributed by atoms with Gasteiger partial charge in [0.1, 0.15) is 0 Å². The maximum Gasteiger partial charge on any atom is 0.336 e. The minimum Gasteiger partial charge on any atom is -0.347 e. The molecule has 24 heavy (non-hydrogen) atoms. The van der Waals surface area contributed by atoms with E-state index in [0.717, 1.165) is 10.5 Å². The maximum atomic E-state index is 12.8. The van der Waals surface area contributed by atoms with Crippen LogP contribution in [-0.4, -0.2) is 40.0 Å². The first kappa shape index (κ1) is 18.1. The number of benzene rings is 1. The standard InChI is InChI=1S/C18H24N2O4/c1-6-24-18(5)15(22)20(14(21)17(2,3)4)16(23)19(18)12-13-10-8-7-9-11-13/h7-11H,6,12H2,1-5H3. The molecule has 1 aliphatic heterocycles. The van der Waals surface area contributed by atoms with Gasteiger partial charge in [0.2, 0.25) is 11.6 Å². The average Bonchev–Trinajstić information content (AvgIpc) is 2.68. The lowest BCUT2D eigenvalue weighted by Crippen LogP contribution is -2.49. The van der Waals surface area contributed by atoms with Crippen molar-refractivity contribution in [1.82, 2.24) is 9.80 Å². The summed E-state index contributed by atoms with van der Waals surface area (Å²) in [6, 6.07) is 8.66. The molecule has 0 aromatic heterocycles. The summed E-state index contributed by atoms with van der Waals surface area (Å²) in [7, 11) is 0. The Morgan fingerprint density at radius 3 is 2.25 bits per heavy atom. The van der Waals surface area contributed by atoms with Gasteiger partial charge in [-0.2, -0.15) is 4.90 Å². The van der Waals surface area contributed by atoms with Gasteiger partial charge in [0.25, 0.3) is 5.91 Å². The summed E-state index contributed by atoms with van der Waals surface area (Å²) in [6.07, 6.45) is 0. The van der Waals surface area contributed by atoms with Crippen LogP contribution < -0.4 is 0 Å². The number of ether oxygens (including phenoxy) is 1. The quantitative estimate of drug-likeness (QED) is 0.795. The van der Waals surface area contributed by atoms with Crippen molar-refractivity contribution < 1.29 is 19.1 Å². The molecule has 130 valence electrons. The van der Waals surface area contributed by atoms with Crippen LogP contribution in [0.2, 0.25) is 0 Å². The van der Waals surface area contributed by atoms with Gasteiger partial charge in [-0.15, -0.1) is 0 Å². The number of urea groups is 1. The zero-order valence-corrected chi connectivity index (χ0v) is 14.8. The van der Waals surface area contributed by atoms with Crippen molar-refractivity contribution in [2.45, 2.75) is 46.9 Å². The number of imide groups is 3. The molecule has 1 fully saturated rings. The molecule has 0 N–H and O–H groups in total. The van der Waals surface area contributed by atoms with Crippen LogP contribution in [0.25, 0.3) is 0 Å². The van der Waals surface area contributed by atoms with E-state index in [2.05, 4.69) is 0 Å². The zero-order valence-electron chi connectivity index (χ0n) is 14.8. The number of carbonyl (C=O) groups is 3. The van der Waals surface area contributed by atoms with Crippen molar-refractivity contribution in [2.75, 3.05) is 6.61 Å². The van der Waals surface area contributed by atoms with Gasteiger partial charge in [0.15, 0.2) is 0 Å². The van der Waals surface area contributed by atoms with Gasteiger partial charge in [-0.1, -0.05) is 51.1 Å². The first-order valence-electron chi connectivity index (χ1n) is 8.01. The third kappa shape index (κ3) is 3.06. The van der Waals surface area contributed by atoms with E-state index < -0.39 is 29.0 Å². The minimum absolute atomic E-state index is 0.190. The normalized spacial score (nSPS) is 21.5. The summed E-state index contributed by atoms with van der Waals surface area (Å²) >= 11 is 0. The second-order valence-electron chi connectivity index (χ2n) is 6.97. The fourth-order valence-corrected chi connectivity index (χ4v) is 2.63. The second kappa shape index (κ2) is 6.36. The minimum atomic E-state index is -1.48. The molecule has 1 unspecified atom stereocenters. The second-order valence-corrected chi connectivity index (χ2v) is 6.97. The Bertz CT molecular complexity index is 651. The summed E-state index contributed by atoms with van der Waals surface area (Å²) in [5.74, 6) is -1.16. The van der Waals surface area contributed by atoms with E-state index >= 15 is 0 Å². The molecule has 6 heteroatoms. The van der Waals surface area contributed by atoms with Crippen LogP contribution in [-0.2, 0) is 20.9 Å². The van der Waals surface area contributed by atoms with Crippen LogP contribution in [0.15, 0.2) is 30.3 Å². The number of hydrogen-bond acceptors (Lipinski definition) is 4. The van der Waals surface area contributed by atoms with Gasteiger partial charge in [-0.05, 0) is 19.4 Å². The van der Waals surface area contributed by atoms with Crippen LogP contribution in [0.3, 0.4) is 0 Å². The smallest absolute Gasteiger partial charge is 0.336 e. The highest BCUT2D eigenvalue weighted by Gasteiger charge is 2.58. The largest absolute Gasteiger partial charge is 0.347 e. The van der Waals surface area contributed by atoms with E-state index in [4.69, 9.17) is 4.74 Å². The lowest BCUT2D eigenvalue weighted by atomic mass is 9.95. The Balaban J connectivity index is 2.42. The number of nitrogens with zero attached hydrogens (tertiary/aromatic N) is 2. The first-order chi connectivity index (χ1) is 11.1. The van der Waals surface area contributed by atoms with E-state index in [1.165, 1.54) is 11.8 Å².